The number of carbonyl (C=O) groups is 1. The van der Waals surface area contributed by atoms with Crippen molar-refractivity contribution >= 4 is 11.7 Å². The van der Waals surface area contributed by atoms with Crippen LogP contribution in [-0.2, 0) is 13.0 Å². The molecule has 0 bridgehead atoms. The highest BCUT2D eigenvalue weighted by molar-refractivity contribution is 5.90. The topological polar surface area (TPSA) is 55.1 Å². The van der Waals surface area contributed by atoms with Crippen molar-refractivity contribution in [3.8, 4) is 11.5 Å². The van der Waals surface area contributed by atoms with Crippen LogP contribution in [0.4, 0.5) is 10.5 Å². The van der Waals surface area contributed by atoms with Crippen molar-refractivity contribution in [2.45, 2.75) is 32.9 Å². The average molecular weight is 488 g/mol. The van der Waals surface area contributed by atoms with Gasteiger partial charge in [0.15, 0.2) is 0 Å². The van der Waals surface area contributed by atoms with Crippen molar-refractivity contribution in [2.75, 3.05) is 5.32 Å². The molecule has 37 heavy (non-hydrogen) atoms. The fourth-order valence-corrected chi connectivity index (χ4v) is 5.17. The van der Waals surface area contributed by atoms with Gasteiger partial charge in [-0.15, -0.1) is 0 Å². The van der Waals surface area contributed by atoms with Crippen LogP contribution in [0, 0.1) is 6.92 Å². The third-order valence-corrected chi connectivity index (χ3v) is 6.98. The number of aromatic nitrogens is 3. The van der Waals surface area contributed by atoms with Crippen LogP contribution in [0.5, 0.6) is 0 Å². The molecule has 6 nitrogen and oxygen atoms in total. The zero-order valence-corrected chi connectivity index (χ0v) is 21.0. The quantitative estimate of drug-likeness (QED) is 0.308. The zero-order valence-electron chi connectivity index (χ0n) is 21.0. The Morgan fingerprint density at radius 1 is 0.919 bits per heavy atom. The summed E-state index contributed by atoms with van der Waals surface area (Å²) in [5.74, 6) is 0.981. The van der Waals surface area contributed by atoms with Gasteiger partial charge in [-0.05, 0) is 55.3 Å². The van der Waals surface area contributed by atoms with Crippen LogP contribution in [0.1, 0.15) is 41.0 Å². The van der Waals surface area contributed by atoms with E-state index in [-0.39, 0.29) is 12.1 Å². The molecule has 0 fully saturated rings. The summed E-state index contributed by atoms with van der Waals surface area (Å²) in [5, 5.41) is 8.17. The van der Waals surface area contributed by atoms with Crippen molar-refractivity contribution in [2.24, 2.45) is 0 Å². The monoisotopic (exact) mass is 487 g/mol. The number of rotatable bonds is 4. The van der Waals surface area contributed by atoms with Gasteiger partial charge in [-0.25, -0.2) is 9.48 Å². The second-order valence-corrected chi connectivity index (χ2v) is 9.39. The first-order valence-corrected chi connectivity index (χ1v) is 12.7. The van der Waals surface area contributed by atoms with Crippen LogP contribution in [0.2, 0.25) is 0 Å². The number of benzene rings is 3. The number of nitrogens with zero attached hydrogens (tertiary/aromatic N) is 4. The molecular formula is C31H29N5O. The van der Waals surface area contributed by atoms with Gasteiger partial charge in [-0.2, -0.15) is 5.10 Å². The Morgan fingerprint density at radius 3 is 2.32 bits per heavy atom. The molecule has 1 aliphatic heterocycles. The highest BCUT2D eigenvalue weighted by Gasteiger charge is 2.36. The molecule has 3 aromatic carbocycles. The average Bonchev–Trinajstić information content (AvgIpc) is 3.52. The minimum atomic E-state index is -0.275. The van der Waals surface area contributed by atoms with Gasteiger partial charge in [-0.3, -0.25) is 0 Å². The number of urea groups is 1. The van der Waals surface area contributed by atoms with Crippen LogP contribution in [0.3, 0.4) is 0 Å². The summed E-state index contributed by atoms with van der Waals surface area (Å²) in [6, 6.07) is 32.1. The maximum atomic E-state index is 14.0. The van der Waals surface area contributed by atoms with Crippen LogP contribution < -0.4 is 5.32 Å². The molecule has 0 spiro atoms. The van der Waals surface area contributed by atoms with Crippen molar-refractivity contribution < 1.29 is 4.79 Å². The zero-order chi connectivity index (χ0) is 25.4. The van der Waals surface area contributed by atoms with Gasteiger partial charge >= 0.3 is 6.03 Å². The largest absolute Gasteiger partial charge is 0.322 e. The number of anilines is 1. The predicted molar refractivity (Wildman–Crippen MR) is 146 cm³/mol. The van der Waals surface area contributed by atoms with E-state index in [0.717, 1.165) is 51.7 Å². The van der Waals surface area contributed by atoms with E-state index in [4.69, 9.17) is 5.10 Å². The molecular weight excluding hydrogens is 458 g/mol. The summed E-state index contributed by atoms with van der Waals surface area (Å²) < 4.78 is 4.21. The van der Waals surface area contributed by atoms with Gasteiger partial charge in [0.25, 0.3) is 0 Å². The van der Waals surface area contributed by atoms with E-state index in [1.807, 2.05) is 83.2 Å². The summed E-state index contributed by atoms with van der Waals surface area (Å²) in [6.45, 7) is 4.59. The second kappa shape index (κ2) is 9.47. The molecule has 0 saturated heterocycles. The fraction of sp³-hybridized carbons (Fsp3) is 0.161. The van der Waals surface area contributed by atoms with E-state index in [1.165, 1.54) is 0 Å². The number of aryl methyl sites for hydroxylation is 2. The summed E-state index contributed by atoms with van der Waals surface area (Å²) in [6.07, 6.45) is 2.84. The lowest BCUT2D eigenvalue weighted by Crippen LogP contribution is -2.38. The van der Waals surface area contributed by atoms with E-state index < -0.39 is 0 Å². The molecule has 1 atom stereocenters. The first-order chi connectivity index (χ1) is 18.1. The number of carbonyl (C=O) groups excluding carboxylic acids is 1. The molecule has 6 rings (SSSR count). The molecule has 5 aromatic rings. The summed E-state index contributed by atoms with van der Waals surface area (Å²) >= 11 is 0. The smallest absolute Gasteiger partial charge is 0.308 e. The molecule has 3 heterocycles. The Labute approximate surface area is 216 Å². The van der Waals surface area contributed by atoms with Crippen molar-refractivity contribution in [1.82, 2.24) is 19.2 Å². The fourth-order valence-electron chi connectivity index (χ4n) is 5.17. The van der Waals surface area contributed by atoms with E-state index >= 15 is 0 Å². The lowest BCUT2D eigenvalue weighted by atomic mass is 10.0. The Balaban J connectivity index is 1.54. The van der Waals surface area contributed by atoms with Gasteiger partial charge in [0.05, 0.1) is 29.7 Å². The van der Waals surface area contributed by atoms with E-state index in [9.17, 15) is 4.79 Å². The first kappa shape index (κ1) is 22.9. The van der Waals surface area contributed by atoms with Crippen LogP contribution >= 0.6 is 0 Å². The molecule has 2 aromatic heterocycles. The lowest BCUT2D eigenvalue weighted by Gasteiger charge is -2.31. The Kier molecular flexibility index (Phi) is 5.85. The summed E-state index contributed by atoms with van der Waals surface area (Å²) in [7, 11) is 0. The predicted octanol–water partition coefficient (Wildman–Crippen LogP) is 6.67. The molecule has 184 valence electrons. The molecule has 0 saturated carbocycles. The molecule has 2 amide bonds. The molecule has 0 aliphatic carbocycles. The minimum absolute atomic E-state index is 0.146. The highest BCUT2D eigenvalue weighted by atomic mass is 16.2. The number of amides is 2. The number of nitrogens with one attached hydrogen (secondary N) is 1. The SMILES string of the molecule is CCc1nn(-c2ccccc2)c2c1CN(C(=O)Nc1ccc(C)cc1)[C@H](c1ccccc1)c1cccn1-2. The van der Waals surface area contributed by atoms with Crippen molar-refractivity contribution in [1.29, 1.82) is 0 Å². The number of para-hydroxylation sites is 1. The van der Waals surface area contributed by atoms with Gasteiger partial charge in [-0.1, -0.05) is 73.2 Å². The van der Waals surface area contributed by atoms with Crippen LogP contribution in [0.15, 0.2) is 103 Å². The molecule has 1 aliphatic rings. The molecule has 0 radical (unpaired) electrons. The van der Waals surface area contributed by atoms with Crippen LogP contribution in [-0.4, -0.2) is 25.3 Å². The highest BCUT2D eigenvalue weighted by Crippen LogP contribution is 2.38. The van der Waals surface area contributed by atoms with Gasteiger partial charge in [0, 0.05) is 17.4 Å². The number of hydrogen-bond acceptors (Lipinski definition) is 2. The lowest BCUT2D eigenvalue weighted by molar-refractivity contribution is 0.194. The van der Waals surface area contributed by atoms with Gasteiger partial charge in [0.1, 0.15) is 5.82 Å². The minimum Gasteiger partial charge on any atom is -0.308 e. The number of fused-ring (bicyclic) bond motifs is 3. The van der Waals surface area contributed by atoms with E-state index in [1.54, 1.807) is 0 Å². The van der Waals surface area contributed by atoms with Gasteiger partial charge in [0.2, 0.25) is 0 Å². The second-order valence-electron chi connectivity index (χ2n) is 9.39. The Bertz CT molecular complexity index is 1530. The maximum Gasteiger partial charge on any atom is 0.322 e. The third kappa shape index (κ3) is 4.10. The Hall–Kier alpha value is -4.58. The van der Waals surface area contributed by atoms with E-state index in [2.05, 4.69) is 53.3 Å². The summed E-state index contributed by atoms with van der Waals surface area (Å²) in [5.41, 5.74) is 7.04. The first-order valence-electron chi connectivity index (χ1n) is 12.7. The normalized spacial score (nSPS) is 14.5. The van der Waals surface area contributed by atoms with Crippen molar-refractivity contribution in [3.63, 3.8) is 0 Å². The molecule has 6 heteroatoms. The summed E-state index contributed by atoms with van der Waals surface area (Å²) in [4.78, 5) is 15.9. The molecule has 0 unspecified atom stereocenters. The van der Waals surface area contributed by atoms with E-state index in [0.29, 0.717) is 6.54 Å². The van der Waals surface area contributed by atoms with Crippen molar-refractivity contribution in [3.05, 3.63) is 131 Å². The Morgan fingerprint density at radius 2 is 1.62 bits per heavy atom. The van der Waals surface area contributed by atoms with Gasteiger partial charge < -0.3 is 14.8 Å². The maximum absolute atomic E-state index is 14.0. The standard InChI is InChI=1S/C31H29N5O/c1-3-27-26-21-35(31(37)32-24-18-16-22(2)17-19-24)29(23-11-6-4-7-12-23)28-15-10-20-34(28)30(26)36(33-27)25-13-8-5-9-14-25/h4-20,29H,3,21H2,1-2H3,(H,32,37)/t29-/m1/s1. The molecule has 1 N–H and O–H groups in total. The number of hydrogen-bond donors (Lipinski definition) is 1. The van der Waals surface area contributed by atoms with Crippen LogP contribution in [0.25, 0.3) is 11.5 Å². The third-order valence-electron chi connectivity index (χ3n) is 6.98.